The minimum Gasteiger partial charge on any atom is -0.367 e. The molecule has 0 radical (unpaired) electrons. The number of benzene rings is 1. The number of nitrogens with one attached hydrogen (secondary N) is 1. The van der Waals surface area contributed by atoms with Crippen molar-refractivity contribution in [1.29, 1.82) is 0 Å². The summed E-state index contributed by atoms with van der Waals surface area (Å²) in [6.45, 7) is 2.12. The third-order valence-electron chi connectivity index (χ3n) is 2.82. The van der Waals surface area contributed by atoms with E-state index in [1.165, 1.54) is 12.1 Å². The molecule has 0 saturated carbocycles. The molecule has 1 unspecified atom stereocenters. The summed E-state index contributed by atoms with van der Waals surface area (Å²) in [5.41, 5.74) is 0.726. The highest BCUT2D eigenvalue weighted by Crippen LogP contribution is 2.26. The number of halogens is 2. The molecule has 100 valence electrons. The predicted octanol–water partition coefficient (Wildman–Crippen LogP) is 2.14. The van der Waals surface area contributed by atoms with E-state index < -0.39 is 0 Å². The van der Waals surface area contributed by atoms with Gasteiger partial charge in [-0.05, 0) is 40.8 Å². The quantitative estimate of drug-likeness (QED) is 0.816. The largest absolute Gasteiger partial charge is 0.367 e. The Bertz CT molecular complexity index is 584. The monoisotopic (exact) mass is 375 g/mol. The molecule has 3 rings (SSSR count). The Kier molecular flexibility index (Phi) is 3.76. The van der Waals surface area contributed by atoms with Crippen molar-refractivity contribution in [3.63, 3.8) is 0 Å². The lowest BCUT2D eigenvalue weighted by Gasteiger charge is -2.20. The maximum absolute atomic E-state index is 13.1. The van der Waals surface area contributed by atoms with Gasteiger partial charge < -0.3 is 14.6 Å². The molecule has 19 heavy (non-hydrogen) atoms. The lowest BCUT2D eigenvalue weighted by Crippen LogP contribution is -2.33. The minimum atomic E-state index is -0.285. The summed E-state index contributed by atoms with van der Waals surface area (Å²) in [4.78, 5) is 4.32. The number of hydrogen-bond acceptors (Lipinski definition) is 5. The maximum Gasteiger partial charge on any atom is 0.259 e. The number of hydrogen-bond donors (Lipinski definition) is 1. The molecule has 7 heteroatoms. The smallest absolute Gasteiger partial charge is 0.259 e. The zero-order chi connectivity index (χ0) is 13.2. The Labute approximate surface area is 122 Å². The number of aromatic nitrogens is 2. The Morgan fingerprint density at radius 1 is 1.42 bits per heavy atom. The van der Waals surface area contributed by atoms with Crippen LogP contribution in [0.3, 0.4) is 0 Å². The molecule has 5 nitrogen and oxygen atoms in total. The molecule has 1 fully saturated rings. The van der Waals surface area contributed by atoms with Gasteiger partial charge in [0.05, 0.1) is 12.2 Å². The molecule has 1 atom stereocenters. The molecular weight excluding hydrogens is 364 g/mol. The highest BCUT2D eigenvalue weighted by atomic mass is 127. The molecule has 0 aliphatic carbocycles. The molecule has 2 heterocycles. The number of morpholine rings is 1. The molecule has 1 aromatic carbocycles. The highest BCUT2D eigenvalue weighted by molar-refractivity contribution is 14.1. The molecule has 1 aliphatic rings. The molecular formula is C12H11FIN3O2. The van der Waals surface area contributed by atoms with Crippen LogP contribution in [0.5, 0.6) is 0 Å². The van der Waals surface area contributed by atoms with Gasteiger partial charge in [-0.15, -0.1) is 0 Å². The van der Waals surface area contributed by atoms with Crippen molar-refractivity contribution in [3.05, 3.63) is 33.4 Å². The normalized spacial score (nSPS) is 19.6. The Hall–Kier alpha value is -1.06. The van der Waals surface area contributed by atoms with Gasteiger partial charge in [0.25, 0.3) is 5.89 Å². The lowest BCUT2D eigenvalue weighted by molar-refractivity contribution is 0.0208. The fourth-order valence-electron chi connectivity index (χ4n) is 1.87. The van der Waals surface area contributed by atoms with Gasteiger partial charge in [0.2, 0.25) is 5.82 Å². The predicted molar refractivity (Wildman–Crippen MR) is 74.0 cm³/mol. The van der Waals surface area contributed by atoms with E-state index in [-0.39, 0.29) is 11.9 Å². The summed E-state index contributed by atoms with van der Waals surface area (Å²) in [6, 6.07) is 4.44. The van der Waals surface area contributed by atoms with Crippen molar-refractivity contribution >= 4 is 22.6 Å². The summed E-state index contributed by atoms with van der Waals surface area (Å²) < 4.78 is 24.6. The molecule has 1 aromatic heterocycles. The van der Waals surface area contributed by atoms with Gasteiger partial charge in [0, 0.05) is 16.7 Å². The van der Waals surface area contributed by atoms with Crippen molar-refractivity contribution in [3.8, 4) is 11.5 Å². The van der Waals surface area contributed by atoms with Crippen molar-refractivity contribution < 1.29 is 13.7 Å². The molecule has 1 aliphatic heterocycles. The average Bonchev–Trinajstić information content (AvgIpc) is 2.89. The molecule has 1 N–H and O–H groups in total. The van der Waals surface area contributed by atoms with E-state index in [4.69, 9.17) is 9.26 Å². The summed E-state index contributed by atoms with van der Waals surface area (Å²) in [5.74, 6) is 0.614. The molecule has 0 spiro atoms. The Morgan fingerprint density at radius 2 is 2.32 bits per heavy atom. The second kappa shape index (κ2) is 5.51. The van der Waals surface area contributed by atoms with Crippen LogP contribution in [0.4, 0.5) is 4.39 Å². The first-order valence-corrected chi connectivity index (χ1v) is 6.93. The van der Waals surface area contributed by atoms with Gasteiger partial charge >= 0.3 is 0 Å². The fourth-order valence-corrected chi connectivity index (χ4v) is 2.58. The SMILES string of the molecule is Fc1ccc(-c2nc(C3CNCCO3)no2)c(I)c1. The second-order valence-electron chi connectivity index (χ2n) is 4.15. The van der Waals surface area contributed by atoms with E-state index in [0.29, 0.717) is 24.9 Å². The van der Waals surface area contributed by atoms with Crippen LogP contribution in [0.2, 0.25) is 0 Å². The molecule has 0 bridgehead atoms. The van der Waals surface area contributed by atoms with Crippen LogP contribution in [0.25, 0.3) is 11.5 Å². The van der Waals surface area contributed by atoms with Crippen LogP contribution < -0.4 is 5.32 Å². The first kappa shape index (κ1) is 12.9. The Balaban J connectivity index is 1.87. The third-order valence-corrected chi connectivity index (χ3v) is 3.71. The van der Waals surface area contributed by atoms with E-state index in [1.54, 1.807) is 6.07 Å². The van der Waals surface area contributed by atoms with Crippen LogP contribution in [-0.2, 0) is 4.74 Å². The van der Waals surface area contributed by atoms with Crippen molar-refractivity contribution in [2.75, 3.05) is 19.7 Å². The molecule has 1 saturated heterocycles. The first-order chi connectivity index (χ1) is 9.24. The van der Waals surface area contributed by atoms with E-state index in [9.17, 15) is 4.39 Å². The topological polar surface area (TPSA) is 60.2 Å². The van der Waals surface area contributed by atoms with Crippen molar-refractivity contribution in [2.45, 2.75) is 6.10 Å². The molecule has 0 amide bonds. The fraction of sp³-hybridized carbons (Fsp3) is 0.333. The highest BCUT2D eigenvalue weighted by Gasteiger charge is 2.22. The zero-order valence-electron chi connectivity index (χ0n) is 9.90. The maximum atomic E-state index is 13.1. The van der Waals surface area contributed by atoms with Crippen LogP contribution >= 0.6 is 22.6 Å². The zero-order valence-corrected chi connectivity index (χ0v) is 12.1. The van der Waals surface area contributed by atoms with Crippen molar-refractivity contribution in [1.82, 2.24) is 15.5 Å². The van der Waals surface area contributed by atoms with Gasteiger partial charge in [-0.3, -0.25) is 0 Å². The lowest BCUT2D eigenvalue weighted by atomic mass is 10.2. The number of ether oxygens (including phenoxy) is 1. The third kappa shape index (κ3) is 2.77. The van der Waals surface area contributed by atoms with Gasteiger partial charge in [-0.1, -0.05) is 5.16 Å². The van der Waals surface area contributed by atoms with Gasteiger partial charge in [-0.2, -0.15) is 4.98 Å². The number of nitrogens with zero attached hydrogens (tertiary/aromatic N) is 2. The van der Waals surface area contributed by atoms with E-state index in [1.807, 2.05) is 22.6 Å². The summed E-state index contributed by atoms with van der Waals surface area (Å²) in [7, 11) is 0. The van der Waals surface area contributed by atoms with Crippen molar-refractivity contribution in [2.24, 2.45) is 0 Å². The average molecular weight is 375 g/mol. The number of rotatable bonds is 2. The summed E-state index contributed by atoms with van der Waals surface area (Å²) in [6.07, 6.45) is -0.190. The standard InChI is InChI=1S/C12H11FIN3O2/c13-7-1-2-8(9(14)5-7)12-16-11(17-19-12)10-6-15-3-4-18-10/h1-2,5,10,15H,3-4,6H2. The van der Waals surface area contributed by atoms with Gasteiger partial charge in [0.1, 0.15) is 11.9 Å². The van der Waals surface area contributed by atoms with Crippen LogP contribution in [0, 0.1) is 9.39 Å². The van der Waals surface area contributed by atoms with E-state index in [0.717, 1.165) is 15.7 Å². The van der Waals surface area contributed by atoms with Gasteiger partial charge in [0.15, 0.2) is 0 Å². The minimum absolute atomic E-state index is 0.190. The van der Waals surface area contributed by atoms with Gasteiger partial charge in [-0.25, -0.2) is 4.39 Å². The second-order valence-corrected chi connectivity index (χ2v) is 5.31. The first-order valence-electron chi connectivity index (χ1n) is 5.85. The molecule has 2 aromatic rings. The van der Waals surface area contributed by atoms with Crippen LogP contribution in [0.15, 0.2) is 22.7 Å². The summed E-state index contributed by atoms with van der Waals surface area (Å²) >= 11 is 2.04. The Morgan fingerprint density at radius 3 is 3.05 bits per heavy atom. The van der Waals surface area contributed by atoms with Crippen LogP contribution in [-0.4, -0.2) is 29.8 Å². The van der Waals surface area contributed by atoms with Crippen LogP contribution in [0.1, 0.15) is 11.9 Å². The van der Waals surface area contributed by atoms with E-state index in [2.05, 4.69) is 15.5 Å². The van der Waals surface area contributed by atoms with E-state index >= 15 is 0 Å². The summed E-state index contributed by atoms with van der Waals surface area (Å²) in [5, 5.41) is 7.14.